The van der Waals surface area contributed by atoms with Gasteiger partial charge in [0.2, 0.25) is 0 Å². The molecule has 2 aliphatic rings. The van der Waals surface area contributed by atoms with E-state index in [9.17, 15) is 4.79 Å². The van der Waals surface area contributed by atoms with E-state index in [4.69, 9.17) is 9.47 Å². The van der Waals surface area contributed by atoms with Crippen molar-refractivity contribution in [2.45, 2.75) is 6.61 Å². The molecule has 0 N–H and O–H groups in total. The van der Waals surface area contributed by atoms with Crippen LogP contribution in [-0.2, 0) is 16.1 Å². The molecular weight excluding hydrogens is 280 g/mol. The second-order valence-electron chi connectivity index (χ2n) is 4.57. The SMILES string of the molecule is COC(=O)C=Cc1cccc(OC)c1.c1cc2ccc1CO2. The van der Waals surface area contributed by atoms with Gasteiger partial charge in [-0.3, -0.25) is 0 Å². The van der Waals surface area contributed by atoms with Gasteiger partial charge in [0.15, 0.2) is 0 Å². The normalized spacial score (nSPS) is 11.4. The van der Waals surface area contributed by atoms with Gasteiger partial charge in [0.05, 0.1) is 14.2 Å². The predicted molar refractivity (Wildman–Crippen MR) is 84.8 cm³/mol. The number of carbonyl (C=O) groups is 1. The fourth-order valence-electron chi connectivity index (χ4n) is 1.83. The minimum atomic E-state index is -0.368. The zero-order valence-electron chi connectivity index (χ0n) is 12.6. The summed E-state index contributed by atoms with van der Waals surface area (Å²) in [7, 11) is 2.95. The third-order valence-electron chi connectivity index (χ3n) is 3.04. The number of hydrogen-bond acceptors (Lipinski definition) is 4. The molecule has 0 saturated heterocycles. The van der Waals surface area contributed by atoms with Crippen LogP contribution >= 0.6 is 0 Å². The van der Waals surface area contributed by atoms with Crippen LogP contribution in [0.5, 0.6) is 11.5 Å². The average Bonchev–Trinajstić information content (AvgIpc) is 2.62. The van der Waals surface area contributed by atoms with E-state index in [1.54, 1.807) is 13.2 Å². The number of rotatable bonds is 3. The topological polar surface area (TPSA) is 44.8 Å². The maximum Gasteiger partial charge on any atom is 0.330 e. The van der Waals surface area contributed by atoms with Crippen LogP contribution in [0.3, 0.4) is 0 Å². The Morgan fingerprint density at radius 3 is 2.36 bits per heavy atom. The van der Waals surface area contributed by atoms with E-state index < -0.39 is 0 Å². The van der Waals surface area contributed by atoms with Gasteiger partial charge in [0.1, 0.15) is 18.1 Å². The van der Waals surface area contributed by atoms with Crippen molar-refractivity contribution in [3.8, 4) is 11.5 Å². The second kappa shape index (κ2) is 7.88. The van der Waals surface area contributed by atoms with E-state index in [1.165, 1.54) is 18.7 Å². The molecule has 22 heavy (non-hydrogen) atoms. The molecule has 2 aliphatic heterocycles. The molecule has 0 fully saturated rings. The van der Waals surface area contributed by atoms with Crippen LogP contribution in [0.25, 0.3) is 6.08 Å². The highest BCUT2D eigenvalue weighted by Crippen LogP contribution is 2.19. The number of carbonyl (C=O) groups excluding carboxylic acids is 1. The van der Waals surface area contributed by atoms with Crippen molar-refractivity contribution in [3.63, 3.8) is 0 Å². The van der Waals surface area contributed by atoms with Crippen molar-refractivity contribution >= 4 is 12.0 Å². The first-order valence-corrected chi connectivity index (χ1v) is 6.83. The van der Waals surface area contributed by atoms with Crippen molar-refractivity contribution < 1.29 is 19.0 Å². The van der Waals surface area contributed by atoms with Gasteiger partial charge in [-0.15, -0.1) is 0 Å². The molecule has 4 nitrogen and oxygen atoms in total. The highest BCUT2D eigenvalue weighted by atomic mass is 16.5. The van der Waals surface area contributed by atoms with Gasteiger partial charge in [-0.2, -0.15) is 0 Å². The van der Waals surface area contributed by atoms with Crippen molar-refractivity contribution in [1.29, 1.82) is 0 Å². The maximum atomic E-state index is 10.8. The molecular formula is C18H18O4. The molecule has 0 radical (unpaired) electrons. The van der Waals surface area contributed by atoms with Gasteiger partial charge in [-0.05, 0) is 41.5 Å². The second-order valence-corrected chi connectivity index (χ2v) is 4.57. The fraction of sp³-hybridized carbons (Fsp3) is 0.167. The summed E-state index contributed by atoms with van der Waals surface area (Å²) in [6.07, 6.45) is 3.04. The van der Waals surface area contributed by atoms with Crippen LogP contribution < -0.4 is 9.47 Å². The van der Waals surface area contributed by atoms with Crippen LogP contribution in [0, 0.1) is 0 Å². The lowest BCUT2D eigenvalue weighted by atomic mass is 10.2. The van der Waals surface area contributed by atoms with Crippen LogP contribution in [0.4, 0.5) is 0 Å². The number of hydrogen-bond donors (Lipinski definition) is 0. The van der Waals surface area contributed by atoms with Crippen LogP contribution in [0.2, 0.25) is 0 Å². The molecule has 0 saturated carbocycles. The Balaban J connectivity index is 0.000000183. The van der Waals surface area contributed by atoms with Gasteiger partial charge >= 0.3 is 5.97 Å². The van der Waals surface area contributed by atoms with E-state index in [0.29, 0.717) is 0 Å². The molecule has 0 amide bonds. The van der Waals surface area contributed by atoms with E-state index in [1.807, 2.05) is 36.4 Å². The van der Waals surface area contributed by atoms with Crippen molar-refractivity contribution in [2.24, 2.45) is 0 Å². The lowest BCUT2D eigenvalue weighted by molar-refractivity contribution is -0.134. The summed E-state index contributed by atoms with van der Waals surface area (Å²) in [6.45, 7) is 0.766. The Labute approximate surface area is 129 Å². The van der Waals surface area contributed by atoms with E-state index in [-0.39, 0.29) is 5.97 Å². The summed E-state index contributed by atoms with van der Waals surface area (Å²) >= 11 is 0. The molecule has 2 bridgehead atoms. The van der Waals surface area contributed by atoms with Crippen molar-refractivity contribution in [1.82, 2.24) is 0 Å². The van der Waals surface area contributed by atoms with Gasteiger partial charge < -0.3 is 14.2 Å². The lowest BCUT2D eigenvalue weighted by Gasteiger charge is -2.11. The maximum absolute atomic E-state index is 10.8. The van der Waals surface area contributed by atoms with Gasteiger partial charge in [-0.25, -0.2) is 4.79 Å². The smallest absolute Gasteiger partial charge is 0.330 e. The molecule has 2 heterocycles. The molecule has 0 atom stereocenters. The molecule has 2 aromatic carbocycles. The summed E-state index contributed by atoms with van der Waals surface area (Å²) in [5.41, 5.74) is 2.16. The number of benzene rings is 2. The third-order valence-corrected chi connectivity index (χ3v) is 3.04. The monoisotopic (exact) mass is 298 g/mol. The summed E-state index contributed by atoms with van der Waals surface area (Å²) < 4.78 is 14.7. The third kappa shape index (κ3) is 4.66. The van der Waals surface area contributed by atoms with E-state index in [0.717, 1.165) is 23.7 Å². The molecule has 0 aromatic heterocycles. The molecule has 114 valence electrons. The highest BCUT2D eigenvalue weighted by Gasteiger charge is 2.01. The van der Waals surface area contributed by atoms with Crippen molar-refractivity contribution in [3.05, 3.63) is 65.7 Å². The summed E-state index contributed by atoms with van der Waals surface area (Å²) in [4.78, 5) is 10.8. The Morgan fingerprint density at radius 2 is 1.91 bits per heavy atom. The van der Waals surface area contributed by atoms with Crippen LogP contribution in [-0.4, -0.2) is 20.2 Å². The highest BCUT2D eigenvalue weighted by molar-refractivity contribution is 5.86. The molecule has 4 heteroatoms. The lowest BCUT2D eigenvalue weighted by Crippen LogP contribution is -2.00. The molecule has 0 aliphatic carbocycles. The van der Waals surface area contributed by atoms with Gasteiger partial charge in [0, 0.05) is 6.08 Å². The van der Waals surface area contributed by atoms with Crippen molar-refractivity contribution in [2.75, 3.05) is 14.2 Å². The minimum absolute atomic E-state index is 0.368. The van der Waals surface area contributed by atoms with Gasteiger partial charge in [-0.1, -0.05) is 24.3 Å². The van der Waals surface area contributed by atoms with E-state index >= 15 is 0 Å². The van der Waals surface area contributed by atoms with Crippen LogP contribution in [0.1, 0.15) is 11.1 Å². The number of methoxy groups -OCH3 is 2. The molecule has 0 unspecified atom stereocenters. The average molecular weight is 298 g/mol. The first-order chi connectivity index (χ1) is 10.7. The first-order valence-electron chi connectivity index (χ1n) is 6.83. The number of fused-ring (bicyclic) bond motifs is 3. The Bertz CT molecular complexity index is 621. The van der Waals surface area contributed by atoms with E-state index in [2.05, 4.69) is 16.9 Å². The number of esters is 1. The first kappa shape index (κ1) is 15.6. The zero-order chi connectivity index (χ0) is 15.8. The quantitative estimate of drug-likeness (QED) is 0.643. The standard InChI is InChI=1S/C11H12O3.C7H6O/c1-13-10-5-3-4-9(8-10)6-7-11(12)14-2;1-3-7-4-2-6(1)5-8-7/h3-8H,1-2H3;1-4H,5H2. The van der Waals surface area contributed by atoms with Gasteiger partial charge in [0.25, 0.3) is 0 Å². The Hall–Kier alpha value is -2.75. The Morgan fingerprint density at radius 1 is 1.14 bits per heavy atom. The summed E-state index contributed by atoms with van der Waals surface area (Å²) in [5.74, 6) is 1.38. The molecule has 0 spiro atoms. The largest absolute Gasteiger partial charge is 0.497 e. The summed E-state index contributed by atoms with van der Waals surface area (Å²) in [6, 6.07) is 15.5. The fourth-order valence-corrected chi connectivity index (χ4v) is 1.83. The molecule has 4 rings (SSSR count). The van der Waals surface area contributed by atoms with Crippen LogP contribution in [0.15, 0.2) is 54.6 Å². The summed E-state index contributed by atoms with van der Waals surface area (Å²) in [5, 5.41) is 0. The number of ether oxygens (including phenoxy) is 3. The Kier molecular flexibility index (Phi) is 5.60. The zero-order valence-corrected chi connectivity index (χ0v) is 12.6. The minimum Gasteiger partial charge on any atom is -0.497 e. The predicted octanol–water partition coefficient (Wildman–Crippen LogP) is 3.46. The molecule has 2 aromatic rings.